The fourth-order valence-corrected chi connectivity index (χ4v) is 4.30. The van der Waals surface area contributed by atoms with Gasteiger partial charge in [0.15, 0.2) is 0 Å². The average molecular weight is 338 g/mol. The fraction of sp³-hybridized carbons (Fsp3) is 0.400. The molecule has 2 aromatic rings. The van der Waals surface area contributed by atoms with Crippen molar-refractivity contribution in [1.82, 2.24) is 0 Å². The summed E-state index contributed by atoms with van der Waals surface area (Å²) < 4.78 is 0. The number of nitrogens with one attached hydrogen (secondary N) is 1. The van der Waals surface area contributed by atoms with E-state index in [1.165, 1.54) is 16.9 Å². The summed E-state index contributed by atoms with van der Waals surface area (Å²) in [4.78, 5) is 13.8. The first kappa shape index (κ1) is 16.7. The molecule has 0 aliphatic heterocycles. The van der Waals surface area contributed by atoms with Crippen LogP contribution in [0.5, 0.6) is 0 Å². The third-order valence-corrected chi connectivity index (χ3v) is 5.73. The topological polar surface area (TPSA) is 52.9 Å². The van der Waals surface area contributed by atoms with Crippen molar-refractivity contribution in [3.8, 4) is 6.07 Å². The Labute approximate surface area is 147 Å². The van der Waals surface area contributed by atoms with Gasteiger partial charge in [-0.2, -0.15) is 5.26 Å². The van der Waals surface area contributed by atoms with Gasteiger partial charge in [-0.15, -0.1) is 11.3 Å². The first-order valence-corrected chi connectivity index (χ1v) is 9.18. The molecule has 0 atom stereocenters. The van der Waals surface area contributed by atoms with Crippen molar-refractivity contribution >= 4 is 22.2 Å². The molecule has 1 aromatic heterocycles. The lowest BCUT2D eigenvalue weighted by atomic mass is 9.87. The Bertz CT molecular complexity index is 804. The SMILES string of the molecule is CC(C)(C)c1ccc(C(=O)Nc2sc3c(c2C#N)CCCC3)cc1. The van der Waals surface area contributed by atoms with E-state index in [0.29, 0.717) is 16.1 Å². The number of fused-ring (bicyclic) bond motifs is 1. The third-order valence-electron chi connectivity index (χ3n) is 4.52. The van der Waals surface area contributed by atoms with E-state index >= 15 is 0 Å². The summed E-state index contributed by atoms with van der Waals surface area (Å²) >= 11 is 1.56. The second-order valence-electron chi connectivity index (χ2n) is 7.31. The van der Waals surface area contributed by atoms with E-state index < -0.39 is 0 Å². The Morgan fingerprint density at radius 3 is 2.46 bits per heavy atom. The number of hydrogen-bond donors (Lipinski definition) is 1. The monoisotopic (exact) mass is 338 g/mol. The van der Waals surface area contributed by atoms with Crippen LogP contribution in [0.4, 0.5) is 5.00 Å². The van der Waals surface area contributed by atoms with Crippen LogP contribution in [0.1, 0.15) is 65.5 Å². The Balaban J connectivity index is 1.83. The average Bonchev–Trinajstić information content (AvgIpc) is 2.91. The number of rotatable bonds is 2. The highest BCUT2D eigenvalue weighted by Gasteiger charge is 2.22. The van der Waals surface area contributed by atoms with Crippen LogP contribution in [0, 0.1) is 11.3 Å². The molecule has 1 aliphatic rings. The number of anilines is 1. The lowest BCUT2D eigenvalue weighted by Gasteiger charge is -2.19. The molecule has 0 bridgehead atoms. The van der Waals surface area contributed by atoms with E-state index in [-0.39, 0.29) is 11.3 Å². The van der Waals surface area contributed by atoms with Crippen molar-refractivity contribution in [2.45, 2.75) is 51.9 Å². The van der Waals surface area contributed by atoms with Crippen LogP contribution < -0.4 is 5.32 Å². The highest BCUT2D eigenvalue weighted by Crippen LogP contribution is 2.37. The van der Waals surface area contributed by atoms with Crippen molar-refractivity contribution in [2.75, 3.05) is 5.32 Å². The van der Waals surface area contributed by atoms with Gasteiger partial charge in [0.2, 0.25) is 0 Å². The van der Waals surface area contributed by atoms with Gasteiger partial charge in [0.1, 0.15) is 11.1 Å². The van der Waals surface area contributed by atoms with Gasteiger partial charge in [0, 0.05) is 10.4 Å². The van der Waals surface area contributed by atoms with Gasteiger partial charge in [-0.05, 0) is 54.4 Å². The van der Waals surface area contributed by atoms with E-state index in [1.54, 1.807) is 11.3 Å². The van der Waals surface area contributed by atoms with Crippen LogP contribution in [-0.4, -0.2) is 5.91 Å². The molecule has 1 N–H and O–H groups in total. The van der Waals surface area contributed by atoms with Gasteiger partial charge in [0.05, 0.1) is 5.56 Å². The van der Waals surface area contributed by atoms with E-state index in [0.717, 1.165) is 24.8 Å². The molecular formula is C20H22N2OS. The third kappa shape index (κ3) is 3.22. The molecule has 0 saturated carbocycles. The number of thiophene rings is 1. The zero-order valence-electron chi connectivity index (χ0n) is 14.4. The molecule has 24 heavy (non-hydrogen) atoms. The molecule has 1 amide bonds. The van der Waals surface area contributed by atoms with Crippen molar-refractivity contribution in [2.24, 2.45) is 0 Å². The molecule has 0 radical (unpaired) electrons. The van der Waals surface area contributed by atoms with Crippen LogP contribution in [0.3, 0.4) is 0 Å². The summed E-state index contributed by atoms with van der Waals surface area (Å²) in [6, 6.07) is 10.00. The fourth-order valence-electron chi connectivity index (χ4n) is 3.07. The molecule has 1 aromatic carbocycles. The van der Waals surface area contributed by atoms with Crippen LogP contribution >= 0.6 is 11.3 Å². The predicted molar refractivity (Wildman–Crippen MR) is 98.8 cm³/mol. The van der Waals surface area contributed by atoms with Crippen molar-refractivity contribution in [1.29, 1.82) is 5.26 Å². The minimum absolute atomic E-state index is 0.0653. The molecule has 3 nitrogen and oxygen atoms in total. The van der Waals surface area contributed by atoms with Gasteiger partial charge in [-0.3, -0.25) is 4.79 Å². The Morgan fingerprint density at radius 2 is 1.83 bits per heavy atom. The summed E-state index contributed by atoms with van der Waals surface area (Å²) in [5.74, 6) is -0.148. The normalized spacial score (nSPS) is 13.9. The summed E-state index contributed by atoms with van der Waals surface area (Å²) in [6.07, 6.45) is 4.26. The number of benzene rings is 1. The van der Waals surface area contributed by atoms with E-state index in [1.807, 2.05) is 24.3 Å². The van der Waals surface area contributed by atoms with E-state index in [9.17, 15) is 10.1 Å². The maximum absolute atomic E-state index is 12.5. The Hall–Kier alpha value is -2.12. The Kier molecular flexibility index (Phi) is 4.47. The Morgan fingerprint density at radius 1 is 1.17 bits per heavy atom. The number of hydrogen-bond acceptors (Lipinski definition) is 3. The van der Waals surface area contributed by atoms with E-state index in [2.05, 4.69) is 32.2 Å². The van der Waals surface area contributed by atoms with Crippen LogP contribution in [0.2, 0.25) is 0 Å². The number of carbonyl (C=O) groups excluding carboxylic acids is 1. The van der Waals surface area contributed by atoms with E-state index in [4.69, 9.17) is 0 Å². The zero-order valence-corrected chi connectivity index (χ0v) is 15.2. The molecule has 0 saturated heterocycles. The second kappa shape index (κ2) is 6.41. The number of nitriles is 1. The minimum atomic E-state index is -0.148. The van der Waals surface area contributed by atoms with Crippen molar-refractivity contribution < 1.29 is 4.79 Å². The van der Waals surface area contributed by atoms with Crippen LogP contribution in [-0.2, 0) is 18.3 Å². The summed E-state index contributed by atoms with van der Waals surface area (Å²) in [6.45, 7) is 6.45. The summed E-state index contributed by atoms with van der Waals surface area (Å²) in [7, 11) is 0. The van der Waals surface area contributed by atoms with Crippen molar-refractivity contribution in [3.05, 3.63) is 51.4 Å². The molecule has 124 valence electrons. The van der Waals surface area contributed by atoms with Gasteiger partial charge in [0.25, 0.3) is 5.91 Å². The predicted octanol–water partition coefficient (Wildman–Crippen LogP) is 5.05. The number of nitrogens with zero attached hydrogens (tertiary/aromatic N) is 1. The lowest BCUT2D eigenvalue weighted by molar-refractivity contribution is 0.102. The highest BCUT2D eigenvalue weighted by atomic mass is 32.1. The largest absolute Gasteiger partial charge is 0.312 e. The van der Waals surface area contributed by atoms with Gasteiger partial charge in [-0.25, -0.2) is 0 Å². The molecular weight excluding hydrogens is 316 g/mol. The van der Waals surface area contributed by atoms with Crippen LogP contribution in [0.15, 0.2) is 24.3 Å². The van der Waals surface area contributed by atoms with Crippen LogP contribution in [0.25, 0.3) is 0 Å². The molecule has 0 unspecified atom stereocenters. The van der Waals surface area contributed by atoms with Gasteiger partial charge >= 0.3 is 0 Å². The molecule has 0 spiro atoms. The maximum atomic E-state index is 12.5. The standard InChI is InChI=1S/C20H22N2OS/c1-20(2,3)14-10-8-13(9-11-14)18(23)22-19-16(12-21)15-6-4-5-7-17(15)24-19/h8-11H,4-7H2,1-3H3,(H,22,23). The quantitative estimate of drug-likeness (QED) is 0.833. The summed E-state index contributed by atoms with van der Waals surface area (Å²) in [5, 5.41) is 13.1. The highest BCUT2D eigenvalue weighted by molar-refractivity contribution is 7.16. The molecule has 4 heteroatoms. The minimum Gasteiger partial charge on any atom is -0.312 e. The smallest absolute Gasteiger partial charge is 0.256 e. The summed E-state index contributed by atoms with van der Waals surface area (Å²) in [5.41, 5.74) is 3.69. The molecule has 3 rings (SSSR count). The number of aryl methyl sites for hydroxylation is 1. The zero-order chi connectivity index (χ0) is 17.3. The first-order chi connectivity index (χ1) is 11.4. The number of carbonyl (C=O) groups is 1. The maximum Gasteiger partial charge on any atom is 0.256 e. The van der Waals surface area contributed by atoms with Gasteiger partial charge < -0.3 is 5.32 Å². The molecule has 1 heterocycles. The molecule has 1 aliphatic carbocycles. The molecule has 0 fully saturated rings. The number of amides is 1. The first-order valence-electron chi connectivity index (χ1n) is 8.36. The second-order valence-corrected chi connectivity index (χ2v) is 8.41. The lowest BCUT2D eigenvalue weighted by Crippen LogP contribution is -2.14. The van der Waals surface area contributed by atoms with Crippen molar-refractivity contribution in [3.63, 3.8) is 0 Å². The van der Waals surface area contributed by atoms with Gasteiger partial charge in [-0.1, -0.05) is 32.9 Å².